The molecule has 1 aromatic rings. The van der Waals surface area contributed by atoms with Crippen LogP contribution in [0.1, 0.15) is 12.5 Å². The predicted octanol–water partition coefficient (Wildman–Crippen LogP) is 1.58. The number of benzene rings is 1. The lowest BCUT2D eigenvalue weighted by molar-refractivity contribution is -0.115. The molecule has 22 heavy (non-hydrogen) atoms. The number of aryl methyl sites for hydroxylation is 1. The highest BCUT2D eigenvalue weighted by Gasteiger charge is 2.28. The molecule has 1 aromatic carbocycles. The number of alkyl halides is 1. The summed E-state index contributed by atoms with van der Waals surface area (Å²) in [4.78, 5) is 11.8. The Morgan fingerprint density at radius 3 is 2.59 bits per heavy atom. The molecule has 0 saturated carbocycles. The summed E-state index contributed by atoms with van der Waals surface area (Å²) >= 11 is 5.71. The fourth-order valence-electron chi connectivity index (χ4n) is 2.12. The van der Waals surface area contributed by atoms with Crippen molar-refractivity contribution >= 4 is 33.2 Å². The van der Waals surface area contributed by atoms with Gasteiger partial charge in [-0.25, -0.2) is 8.42 Å². The van der Waals surface area contributed by atoms with Gasteiger partial charge < -0.3 is 10.1 Å². The Bertz CT molecular complexity index is 655. The number of nitrogens with one attached hydrogen (secondary N) is 1. The first-order valence-corrected chi connectivity index (χ1v) is 8.83. The molecule has 1 aliphatic heterocycles. The fraction of sp³-hybridized carbons (Fsp3) is 0.500. The number of carbonyl (C=O) groups is 1. The highest BCUT2D eigenvalue weighted by Crippen LogP contribution is 2.24. The van der Waals surface area contributed by atoms with Crippen molar-refractivity contribution < 1.29 is 17.9 Å². The van der Waals surface area contributed by atoms with Crippen LogP contribution in [0.4, 0.5) is 5.69 Å². The minimum absolute atomic E-state index is 0.189. The summed E-state index contributed by atoms with van der Waals surface area (Å²) in [7, 11) is -3.60. The first-order chi connectivity index (χ1) is 10.3. The number of morpholine rings is 1. The molecule has 1 amide bonds. The minimum Gasteiger partial charge on any atom is -0.379 e. The molecular weight excluding hydrogens is 328 g/mol. The highest BCUT2D eigenvalue weighted by molar-refractivity contribution is 7.89. The number of rotatable bonds is 4. The molecule has 1 atom stereocenters. The van der Waals surface area contributed by atoms with Crippen LogP contribution >= 0.6 is 11.6 Å². The quantitative estimate of drug-likeness (QED) is 0.840. The van der Waals surface area contributed by atoms with Crippen LogP contribution in [0.3, 0.4) is 0 Å². The van der Waals surface area contributed by atoms with Gasteiger partial charge in [0.25, 0.3) is 0 Å². The third kappa shape index (κ3) is 3.78. The fourth-order valence-corrected chi connectivity index (χ4v) is 3.84. The van der Waals surface area contributed by atoms with Gasteiger partial charge in [-0.15, -0.1) is 11.6 Å². The zero-order valence-electron chi connectivity index (χ0n) is 12.5. The molecule has 1 N–H and O–H groups in total. The second-order valence-electron chi connectivity index (χ2n) is 5.10. The Hall–Kier alpha value is -1.15. The molecule has 2 rings (SSSR count). The van der Waals surface area contributed by atoms with Crippen molar-refractivity contribution in [1.29, 1.82) is 0 Å². The number of hydrogen-bond acceptors (Lipinski definition) is 4. The van der Waals surface area contributed by atoms with Crippen molar-refractivity contribution in [3.8, 4) is 0 Å². The van der Waals surface area contributed by atoms with Crippen LogP contribution < -0.4 is 5.32 Å². The van der Waals surface area contributed by atoms with Crippen LogP contribution in [0.25, 0.3) is 0 Å². The van der Waals surface area contributed by atoms with Gasteiger partial charge in [-0.1, -0.05) is 6.07 Å². The highest BCUT2D eigenvalue weighted by atomic mass is 35.5. The molecule has 0 aromatic heterocycles. The molecule has 1 aliphatic rings. The van der Waals surface area contributed by atoms with Crippen molar-refractivity contribution in [3.63, 3.8) is 0 Å². The lowest BCUT2D eigenvalue weighted by atomic mass is 10.2. The molecule has 8 heteroatoms. The van der Waals surface area contributed by atoms with Gasteiger partial charge in [-0.3, -0.25) is 4.79 Å². The summed E-state index contributed by atoms with van der Waals surface area (Å²) < 4.78 is 32.0. The van der Waals surface area contributed by atoms with Gasteiger partial charge in [0.15, 0.2) is 0 Å². The third-order valence-electron chi connectivity index (χ3n) is 3.40. The van der Waals surface area contributed by atoms with Crippen molar-refractivity contribution in [2.75, 3.05) is 31.6 Å². The number of halogens is 1. The van der Waals surface area contributed by atoms with E-state index in [2.05, 4.69) is 5.32 Å². The predicted molar refractivity (Wildman–Crippen MR) is 84.7 cm³/mol. The summed E-state index contributed by atoms with van der Waals surface area (Å²) in [5.41, 5.74) is 1.04. The van der Waals surface area contributed by atoms with E-state index in [1.54, 1.807) is 26.0 Å². The number of amides is 1. The van der Waals surface area contributed by atoms with E-state index in [0.717, 1.165) is 0 Å². The minimum atomic E-state index is -3.60. The summed E-state index contributed by atoms with van der Waals surface area (Å²) in [6.45, 7) is 4.71. The van der Waals surface area contributed by atoms with Crippen LogP contribution in [0.2, 0.25) is 0 Å². The Labute approximate surface area is 135 Å². The van der Waals surface area contributed by atoms with E-state index in [1.807, 2.05) is 0 Å². The average molecular weight is 347 g/mol. The number of hydrogen-bond donors (Lipinski definition) is 1. The number of nitrogens with zero attached hydrogens (tertiary/aromatic N) is 1. The van der Waals surface area contributed by atoms with E-state index < -0.39 is 15.4 Å². The second-order valence-corrected chi connectivity index (χ2v) is 7.66. The van der Waals surface area contributed by atoms with Crippen LogP contribution in [-0.2, 0) is 19.6 Å². The first kappa shape index (κ1) is 17.2. The van der Waals surface area contributed by atoms with Crippen LogP contribution in [-0.4, -0.2) is 50.3 Å². The lowest BCUT2D eigenvalue weighted by Crippen LogP contribution is -2.40. The Kier molecular flexibility index (Phi) is 5.44. The molecule has 122 valence electrons. The van der Waals surface area contributed by atoms with E-state index >= 15 is 0 Å². The zero-order chi connectivity index (χ0) is 16.3. The largest absolute Gasteiger partial charge is 0.379 e. The summed E-state index contributed by atoms with van der Waals surface area (Å²) in [6, 6.07) is 4.80. The van der Waals surface area contributed by atoms with E-state index in [-0.39, 0.29) is 10.8 Å². The van der Waals surface area contributed by atoms with Crippen molar-refractivity contribution in [2.45, 2.75) is 24.1 Å². The maximum Gasteiger partial charge on any atom is 0.243 e. The van der Waals surface area contributed by atoms with E-state index in [1.165, 1.54) is 10.4 Å². The van der Waals surface area contributed by atoms with Gasteiger partial charge in [0, 0.05) is 18.8 Å². The average Bonchev–Trinajstić information content (AvgIpc) is 2.49. The Balaban J connectivity index is 2.31. The summed E-state index contributed by atoms with van der Waals surface area (Å²) in [6.07, 6.45) is 0. The molecular formula is C14H19ClN2O4S. The third-order valence-corrected chi connectivity index (χ3v) is 5.64. The molecule has 1 saturated heterocycles. The molecule has 0 aliphatic carbocycles. The maximum atomic E-state index is 12.7. The molecule has 1 heterocycles. The van der Waals surface area contributed by atoms with Gasteiger partial charge in [-0.2, -0.15) is 4.31 Å². The van der Waals surface area contributed by atoms with Crippen molar-refractivity contribution in [1.82, 2.24) is 4.31 Å². The summed E-state index contributed by atoms with van der Waals surface area (Å²) in [5, 5.41) is 1.91. The Morgan fingerprint density at radius 1 is 1.36 bits per heavy atom. The standard InChI is InChI=1S/C14H19ClN2O4S/c1-10-3-4-12(16-14(18)11(2)15)9-13(10)22(19,20)17-5-7-21-8-6-17/h3-4,9,11H,5-8H2,1-2H3,(H,16,18). The molecule has 6 nitrogen and oxygen atoms in total. The van der Waals surface area contributed by atoms with E-state index in [4.69, 9.17) is 16.3 Å². The summed E-state index contributed by atoms with van der Waals surface area (Å²) in [5.74, 6) is -0.375. The molecule has 1 fully saturated rings. The lowest BCUT2D eigenvalue weighted by Gasteiger charge is -2.26. The normalized spacial score (nSPS) is 18.0. The zero-order valence-corrected chi connectivity index (χ0v) is 14.1. The van der Waals surface area contributed by atoms with Gasteiger partial charge in [0.1, 0.15) is 5.38 Å². The monoisotopic (exact) mass is 346 g/mol. The number of sulfonamides is 1. The molecule has 0 radical (unpaired) electrons. The maximum absolute atomic E-state index is 12.7. The van der Waals surface area contributed by atoms with Gasteiger partial charge in [0.2, 0.25) is 15.9 Å². The molecule has 0 spiro atoms. The second kappa shape index (κ2) is 6.95. The molecule has 0 bridgehead atoms. The van der Waals surface area contributed by atoms with Gasteiger partial charge >= 0.3 is 0 Å². The smallest absolute Gasteiger partial charge is 0.243 e. The number of anilines is 1. The van der Waals surface area contributed by atoms with Crippen molar-refractivity contribution in [3.05, 3.63) is 23.8 Å². The van der Waals surface area contributed by atoms with E-state index in [0.29, 0.717) is 37.6 Å². The Morgan fingerprint density at radius 2 is 2.00 bits per heavy atom. The number of ether oxygens (including phenoxy) is 1. The van der Waals surface area contributed by atoms with Crippen LogP contribution in [0, 0.1) is 6.92 Å². The first-order valence-electron chi connectivity index (χ1n) is 6.96. The van der Waals surface area contributed by atoms with Crippen LogP contribution in [0.15, 0.2) is 23.1 Å². The van der Waals surface area contributed by atoms with Crippen LogP contribution in [0.5, 0.6) is 0 Å². The van der Waals surface area contributed by atoms with Crippen molar-refractivity contribution in [2.24, 2.45) is 0 Å². The van der Waals surface area contributed by atoms with Gasteiger partial charge in [-0.05, 0) is 31.5 Å². The molecule has 1 unspecified atom stereocenters. The number of carbonyl (C=O) groups excluding carboxylic acids is 1. The van der Waals surface area contributed by atoms with E-state index in [9.17, 15) is 13.2 Å². The topological polar surface area (TPSA) is 75.7 Å². The SMILES string of the molecule is Cc1ccc(NC(=O)C(C)Cl)cc1S(=O)(=O)N1CCOCC1. The van der Waals surface area contributed by atoms with Gasteiger partial charge in [0.05, 0.1) is 18.1 Å².